The van der Waals surface area contributed by atoms with Gasteiger partial charge in [0.1, 0.15) is 0 Å². The van der Waals surface area contributed by atoms with Gasteiger partial charge in [0, 0.05) is 15.0 Å². The van der Waals surface area contributed by atoms with Crippen LogP contribution in [0.25, 0.3) is 10.2 Å². The third kappa shape index (κ3) is 2.60. The van der Waals surface area contributed by atoms with Crippen molar-refractivity contribution >= 4 is 64.3 Å². The Morgan fingerprint density at radius 3 is 2.80 bits per heavy atom. The number of nitrogens with zero attached hydrogens (tertiary/aromatic N) is 1. The van der Waals surface area contributed by atoms with E-state index in [1.54, 1.807) is 18.2 Å². The van der Waals surface area contributed by atoms with Crippen LogP contribution in [-0.2, 0) is 15.6 Å². The number of thiazole rings is 1. The monoisotopic (exact) mass is 388 g/mol. The van der Waals surface area contributed by atoms with Crippen molar-refractivity contribution in [2.75, 3.05) is 5.73 Å². The van der Waals surface area contributed by atoms with Crippen LogP contribution in [0.4, 0.5) is 5.69 Å². The van der Waals surface area contributed by atoms with E-state index >= 15 is 0 Å². The maximum absolute atomic E-state index is 12.4. The average Bonchev–Trinajstić information content (AvgIpc) is 2.96. The summed E-state index contributed by atoms with van der Waals surface area (Å²) in [5.41, 5.74) is 6.96. The second kappa shape index (κ2) is 5.10. The maximum atomic E-state index is 12.4. The van der Waals surface area contributed by atoms with Crippen LogP contribution in [0.15, 0.2) is 38.5 Å². The van der Waals surface area contributed by atoms with Gasteiger partial charge < -0.3 is 5.73 Å². The highest BCUT2D eigenvalue weighted by molar-refractivity contribution is 9.10. The Balaban J connectivity index is 2.03. The van der Waals surface area contributed by atoms with Gasteiger partial charge in [0.2, 0.25) is 14.2 Å². The number of hydrogen-bond donors (Lipinski definition) is 1. The van der Waals surface area contributed by atoms with Crippen LogP contribution in [-0.4, -0.2) is 13.4 Å². The van der Waals surface area contributed by atoms with Gasteiger partial charge in [0.15, 0.2) is 0 Å². The number of anilines is 1. The van der Waals surface area contributed by atoms with Gasteiger partial charge in [-0.1, -0.05) is 0 Å². The van der Waals surface area contributed by atoms with Crippen LogP contribution in [0.1, 0.15) is 4.88 Å². The molecule has 0 spiro atoms. The van der Waals surface area contributed by atoms with Crippen molar-refractivity contribution in [3.05, 3.63) is 39.0 Å². The highest BCUT2D eigenvalue weighted by Gasteiger charge is 2.22. The Morgan fingerprint density at radius 2 is 2.10 bits per heavy atom. The topological polar surface area (TPSA) is 73.0 Å². The molecule has 0 bridgehead atoms. The van der Waals surface area contributed by atoms with Crippen molar-refractivity contribution in [1.82, 2.24) is 4.98 Å². The number of nitrogens with two attached hydrogens (primary N) is 1. The molecule has 2 aromatic heterocycles. The summed E-state index contributed by atoms with van der Waals surface area (Å²) in [6.07, 6.45) is 0. The molecule has 3 rings (SSSR count). The molecule has 4 nitrogen and oxygen atoms in total. The van der Waals surface area contributed by atoms with E-state index in [9.17, 15) is 8.42 Å². The number of thiophene rings is 1. The summed E-state index contributed by atoms with van der Waals surface area (Å²) >= 11 is 5.92. The molecule has 20 heavy (non-hydrogen) atoms. The predicted molar refractivity (Wildman–Crippen MR) is 86.9 cm³/mol. The van der Waals surface area contributed by atoms with Crippen LogP contribution in [0.2, 0.25) is 0 Å². The molecule has 0 saturated carbocycles. The van der Waals surface area contributed by atoms with Crippen molar-refractivity contribution in [2.45, 2.75) is 10.1 Å². The molecule has 104 valence electrons. The van der Waals surface area contributed by atoms with Gasteiger partial charge in [-0.25, -0.2) is 13.4 Å². The molecule has 0 atom stereocenters. The van der Waals surface area contributed by atoms with Crippen molar-refractivity contribution in [3.8, 4) is 0 Å². The second-order valence-corrected chi connectivity index (χ2v) is 9.21. The Morgan fingerprint density at radius 1 is 1.30 bits per heavy atom. The van der Waals surface area contributed by atoms with E-state index in [2.05, 4.69) is 20.9 Å². The minimum Gasteiger partial charge on any atom is -0.399 e. The minimum atomic E-state index is -3.43. The third-order valence-electron chi connectivity index (χ3n) is 2.67. The van der Waals surface area contributed by atoms with Crippen LogP contribution < -0.4 is 5.73 Å². The molecule has 0 aliphatic heterocycles. The van der Waals surface area contributed by atoms with Crippen LogP contribution >= 0.6 is 38.6 Å². The molecule has 0 amide bonds. The zero-order valence-corrected chi connectivity index (χ0v) is 14.1. The molecule has 0 fully saturated rings. The van der Waals surface area contributed by atoms with E-state index in [-0.39, 0.29) is 10.1 Å². The normalized spacial score (nSPS) is 12.1. The molecule has 8 heteroatoms. The molecule has 0 aliphatic carbocycles. The van der Waals surface area contributed by atoms with Crippen molar-refractivity contribution < 1.29 is 8.42 Å². The maximum Gasteiger partial charge on any atom is 0.210 e. The molecule has 2 heterocycles. The van der Waals surface area contributed by atoms with Gasteiger partial charge >= 0.3 is 0 Å². The van der Waals surface area contributed by atoms with Gasteiger partial charge in [0.05, 0.1) is 16.0 Å². The first-order valence-electron chi connectivity index (χ1n) is 5.56. The SMILES string of the molecule is Nc1ccc2nc(S(=O)(=O)Cc3sccc3Br)sc2c1. The molecule has 0 aliphatic rings. The number of aromatic nitrogens is 1. The Hall–Kier alpha value is -0.960. The van der Waals surface area contributed by atoms with Crippen molar-refractivity contribution in [1.29, 1.82) is 0 Å². The number of halogens is 1. The van der Waals surface area contributed by atoms with E-state index in [0.29, 0.717) is 11.2 Å². The van der Waals surface area contributed by atoms with E-state index in [0.717, 1.165) is 25.4 Å². The second-order valence-electron chi connectivity index (χ2n) is 4.16. The summed E-state index contributed by atoms with van der Waals surface area (Å²) in [6, 6.07) is 7.04. The molecule has 2 N–H and O–H groups in total. The number of fused-ring (bicyclic) bond motifs is 1. The lowest BCUT2D eigenvalue weighted by molar-refractivity contribution is 0.595. The number of benzene rings is 1. The number of nitrogen functional groups attached to an aromatic ring is 1. The first-order valence-corrected chi connectivity index (χ1v) is 9.70. The number of hydrogen-bond acceptors (Lipinski definition) is 6. The summed E-state index contributed by atoms with van der Waals surface area (Å²) in [7, 11) is -3.43. The van der Waals surface area contributed by atoms with Gasteiger partial charge in [-0.2, -0.15) is 0 Å². The van der Waals surface area contributed by atoms with Gasteiger partial charge in [-0.05, 0) is 45.6 Å². The third-order valence-corrected chi connectivity index (χ3v) is 7.90. The summed E-state index contributed by atoms with van der Waals surface area (Å²) in [4.78, 5) is 4.98. The predicted octanol–water partition coefficient (Wildman–Crippen LogP) is 3.68. The molecular formula is C12H9BrN2O2S3. The van der Waals surface area contributed by atoms with Crippen molar-refractivity contribution in [3.63, 3.8) is 0 Å². The van der Waals surface area contributed by atoms with E-state index in [4.69, 9.17) is 5.73 Å². The fourth-order valence-corrected chi connectivity index (χ4v) is 6.48. The Labute approximate surface area is 132 Å². The first kappa shape index (κ1) is 14.0. The van der Waals surface area contributed by atoms with Crippen LogP contribution in [0.5, 0.6) is 0 Å². The van der Waals surface area contributed by atoms with Gasteiger partial charge in [-0.15, -0.1) is 22.7 Å². The lowest BCUT2D eigenvalue weighted by Gasteiger charge is -1.98. The minimum absolute atomic E-state index is 0.0411. The van der Waals surface area contributed by atoms with E-state index < -0.39 is 9.84 Å². The summed E-state index contributed by atoms with van der Waals surface area (Å²) < 4.78 is 26.6. The molecule has 1 aromatic carbocycles. The zero-order valence-electron chi connectivity index (χ0n) is 10.0. The lowest BCUT2D eigenvalue weighted by Crippen LogP contribution is -2.03. The Bertz CT molecular complexity index is 883. The van der Waals surface area contributed by atoms with E-state index in [1.807, 2.05) is 11.4 Å². The highest BCUT2D eigenvalue weighted by atomic mass is 79.9. The number of sulfone groups is 1. The smallest absolute Gasteiger partial charge is 0.210 e. The molecule has 0 unspecified atom stereocenters. The number of rotatable bonds is 3. The fraction of sp³-hybridized carbons (Fsp3) is 0.0833. The summed E-state index contributed by atoms with van der Waals surface area (Å²) in [6.45, 7) is 0. The quantitative estimate of drug-likeness (QED) is 0.694. The fourth-order valence-electron chi connectivity index (χ4n) is 1.72. The van der Waals surface area contributed by atoms with Crippen LogP contribution in [0.3, 0.4) is 0 Å². The lowest BCUT2D eigenvalue weighted by atomic mass is 10.3. The van der Waals surface area contributed by atoms with Crippen molar-refractivity contribution in [2.24, 2.45) is 0 Å². The standard InChI is InChI=1S/C12H9BrN2O2S3/c13-8-3-4-18-11(8)6-20(16,17)12-15-9-2-1-7(14)5-10(9)19-12/h1-5H,6,14H2. The molecular weight excluding hydrogens is 380 g/mol. The molecule has 3 aromatic rings. The van der Waals surface area contributed by atoms with Crippen LogP contribution in [0, 0.1) is 0 Å². The largest absolute Gasteiger partial charge is 0.399 e. The first-order chi connectivity index (χ1) is 9.45. The Kier molecular flexibility index (Phi) is 3.57. The average molecular weight is 389 g/mol. The van der Waals surface area contributed by atoms with Gasteiger partial charge in [-0.3, -0.25) is 0 Å². The highest BCUT2D eigenvalue weighted by Crippen LogP contribution is 2.31. The molecule has 0 saturated heterocycles. The summed E-state index contributed by atoms with van der Waals surface area (Å²) in [5, 5.41) is 1.86. The zero-order chi connectivity index (χ0) is 14.3. The molecule has 0 radical (unpaired) electrons. The van der Waals surface area contributed by atoms with E-state index in [1.165, 1.54) is 11.3 Å². The summed E-state index contributed by atoms with van der Waals surface area (Å²) in [5.74, 6) is -0.0411. The van der Waals surface area contributed by atoms with Gasteiger partial charge in [0.25, 0.3) is 0 Å².